The van der Waals surface area contributed by atoms with Crippen molar-refractivity contribution in [2.45, 2.75) is 19.4 Å². The number of nitrogens with one attached hydrogen (secondary N) is 1. The number of rotatable bonds is 6. The highest BCUT2D eigenvalue weighted by Crippen LogP contribution is 2.32. The van der Waals surface area contributed by atoms with Crippen LogP contribution in [-0.4, -0.2) is 39.1 Å². The zero-order valence-electron chi connectivity index (χ0n) is 18.4. The van der Waals surface area contributed by atoms with Crippen molar-refractivity contribution in [2.75, 3.05) is 18.0 Å². The molecule has 0 aliphatic carbocycles. The van der Waals surface area contributed by atoms with Crippen LogP contribution >= 0.6 is 0 Å². The van der Waals surface area contributed by atoms with Gasteiger partial charge in [0.2, 0.25) is 11.7 Å². The zero-order valence-corrected chi connectivity index (χ0v) is 18.4. The third kappa shape index (κ3) is 4.78. The van der Waals surface area contributed by atoms with Crippen LogP contribution in [0.25, 0.3) is 22.8 Å². The number of halogens is 1. The number of pyridine rings is 2. The standard InChI is InChI=1S/C25H23FN6O2/c26-19-6-3-5-18(15-19)22-30-25(34-31-22)21-8-4-12-28-23(21)32-13-9-17(10-14-32)24(33)29-16-20-7-1-2-11-27-20/h1-8,11-12,15,17H,9-10,13-14,16H2,(H,29,33). The van der Waals surface area contributed by atoms with Crippen molar-refractivity contribution in [2.24, 2.45) is 5.92 Å². The topological polar surface area (TPSA) is 97.0 Å². The van der Waals surface area contributed by atoms with E-state index in [-0.39, 0.29) is 17.6 Å². The van der Waals surface area contributed by atoms with Gasteiger partial charge in [-0.15, -0.1) is 0 Å². The summed E-state index contributed by atoms with van der Waals surface area (Å²) in [6.45, 7) is 1.78. The molecule has 4 heterocycles. The van der Waals surface area contributed by atoms with Gasteiger partial charge in [-0.05, 0) is 49.2 Å². The van der Waals surface area contributed by atoms with E-state index >= 15 is 0 Å². The van der Waals surface area contributed by atoms with Crippen molar-refractivity contribution >= 4 is 11.7 Å². The van der Waals surface area contributed by atoms with Crippen molar-refractivity contribution in [3.05, 3.63) is 78.5 Å². The fourth-order valence-corrected chi connectivity index (χ4v) is 4.07. The molecule has 1 amide bonds. The number of aromatic nitrogens is 4. The van der Waals surface area contributed by atoms with Gasteiger partial charge in [-0.1, -0.05) is 23.4 Å². The van der Waals surface area contributed by atoms with Gasteiger partial charge in [0.25, 0.3) is 5.89 Å². The van der Waals surface area contributed by atoms with Gasteiger partial charge in [0.1, 0.15) is 11.6 Å². The number of hydrogen-bond donors (Lipinski definition) is 1. The second kappa shape index (κ2) is 9.78. The first kappa shape index (κ1) is 21.7. The van der Waals surface area contributed by atoms with E-state index in [2.05, 4.69) is 30.3 Å². The molecule has 0 saturated carbocycles. The first-order valence-corrected chi connectivity index (χ1v) is 11.1. The molecule has 0 spiro atoms. The van der Waals surface area contributed by atoms with E-state index < -0.39 is 0 Å². The summed E-state index contributed by atoms with van der Waals surface area (Å²) in [6.07, 6.45) is 4.86. The highest BCUT2D eigenvalue weighted by Gasteiger charge is 2.27. The Labute approximate surface area is 195 Å². The van der Waals surface area contributed by atoms with Crippen molar-refractivity contribution in [3.8, 4) is 22.8 Å². The molecular formula is C25H23FN6O2. The molecule has 0 radical (unpaired) electrons. The average Bonchev–Trinajstić information content (AvgIpc) is 3.38. The van der Waals surface area contributed by atoms with Crippen molar-refractivity contribution in [1.29, 1.82) is 0 Å². The van der Waals surface area contributed by atoms with Gasteiger partial charge in [0.15, 0.2) is 0 Å². The number of hydrogen-bond acceptors (Lipinski definition) is 7. The Morgan fingerprint density at radius 3 is 2.71 bits per heavy atom. The van der Waals surface area contributed by atoms with Crippen LogP contribution in [0, 0.1) is 11.7 Å². The average molecular weight is 458 g/mol. The van der Waals surface area contributed by atoms with Gasteiger partial charge >= 0.3 is 0 Å². The first-order valence-electron chi connectivity index (χ1n) is 11.1. The Balaban J connectivity index is 1.25. The number of piperidine rings is 1. The lowest BCUT2D eigenvalue weighted by atomic mass is 9.95. The molecule has 0 atom stereocenters. The monoisotopic (exact) mass is 458 g/mol. The van der Waals surface area contributed by atoms with Gasteiger partial charge < -0.3 is 14.7 Å². The molecule has 0 bridgehead atoms. The lowest BCUT2D eigenvalue weighted by Gasteiger charge is -2.32. The lowest BCUT2D eigenvalue weighted by molar-refractivity contribution is -0.125. The summed E-state index contributed by atoms with van der Waals surface area (Å²) in [5.41, 5.74) is 2.08. The Kier molecular flexibility index (Phi) is 6.24. The minimum atomic E-state index is -0.363. The van der Waals surface area contributed by atoms with Crippen molar-refractivity contribution in [3.63, 3.8) is 0 Å². The van der Waals surface area contributed by atoms with E-state index in [4.69, 9.17) is 4.52 Å². The van der Waals surface area contributed by atoms with Crippen LogP contribution < -0.4 is 10.2 Å². The van der Waals surface area contributed by atoms with E-state index in [0.29, 0.717) is 55.3 Å². The van der Waals surface area contributed by atoms with Crippen molar-refractivity contribution < 1.29 is 13.7 Å². The van der Waals surface area contributed by atoms with Crippen LogP contribution in [0.15, 0.2) is 71.5 Å². The van der Waals surface area contributed by atoms with Crippen LogP contribution in [0.4, 0.5) is 10.2 Å². The smallest absolute Gasteiger partial charge is 0.261 e. The van der Waals surface area contributed by atoms with Crippen LogP contribution in [0.2, 0.25) is 0 Å². The molecule has 1 N–H and O–H groups in total. The minimum absolute atomic E-state index is 0.0446. The SMILES string of the molecule is O=C(NCc1ccccn1)C1CCN(c2ncccc2-c2nc(-c3cccc(F)c3)no2)CC1. The number of nitrogens with zero attached hydrogens (tertiary/aromatic N) is 5. The molecule has 172 valence electrons. The third-order valence-electron chi connectivity index (χ3n) is 5.86. The fraction of sp³-hybridized carbons (Fsp3) is 0.240. The van der Waals surface area contributed by atoms with Crippen LogP contribution in [-0.2, 0) is 11.3 Å². The maximum absolute atomic E-state index is 13.6. The summed E-state index contributed by atoms with van der Waals surface area (Å²) >= 11 is 0. The fourth-order valence-electron chi connectivity index (χ4n) is 4.07. The number of anilines is 1. The second-order valence-electron chi connectivity index (χ2n) is 8.11. The maximum Gasteiger partial charge on any atom is 0.261 e. The molecule has 4 aromatic rings. The molecule has 5 rings (SSSR count). The quantitative estimate of drug-likeness (QED) is 0.469. The van der Waals surface area contributed by atoms with Gasteiger partial charge in [0.05, 0.1) is 17.8 Å². The molecule has 1 aliphatic heterocycles. The van der Waals surface area contributed by atoms with Gasteiger partial charge in [-0.25, -0.2) is 9.37 Å². The lowest BCUT2D eigenvalue weighted by Crippen LogP contribution is -2.41. The summed E-state index contributed by atoms with van der Waals surface area (Å²) < 4.78 is 19.1. The van der Waals surface area contributed by atoms with E-state index in [1.54, 1.807) is 24.5 Å². The Morgan fingerprint density at radius 2 is 1.91 bits per heavy atom. The maximum atomic E-state index is 13.6. The molecule has 9 heteroatoms. The predicted octanol–water partition coefficient (Wildman–Crippen LogP) is 3.87. The molecule has 1 saturated heterocycles. The summed E-state index contributed by atoms with van der Waals surface area (Å²) in [5, 5.41) is 7.00. The molecule has 1 fully saturated rings. The van der Waals surface area contributed by atoms with E-state index in [0.717, 1.165) is 11.5 Å². The van der Waals surface area contributed by atoms with Gasteiger partial charge in [0, 0.05) is 37.0 Å². The minimum Gasteiger partial charge on any atom is -0.356 e. The zero-order chi connectivity index (χ0) is 23.3. The molecule has 1 aliphatic rings. The van der Waals surface area contributed by atoms with Gasteiger partial charge in [-0.2, -0.15) is 4.98 Å². The molecule has 3 aromatic heterocycles. The Hall–Kier alpha value is -4.14. The van der Waals surface area contributed by atoms with Crippen LogP contribution in [0.5, 0.6) is 0 Å². The van der Waals surface area contributed by atoms with E-state index in [1.165, 1.54) is 12.1 Å². The highest BCUT2D eigenvalue weighted by molar-refractivity contribution is 5.79. The summed E-state index contributed by atoms with van der Waals surface area (Å²) in [5.74, 6) is 0.977. The summed E-state index contributed by atoms with van der Waals surface area (Å²) in [4.78, 5) is 28.0. The number of benzene rings is 1. The normalized spacial score (nSPS) is 14.2. The highest BCUT2D eigenvalue weighted by atomic mass is 19.1. The number of carbonyl (C=O) groups is 1. The second-order valence-corrected chi connectivity index (χ2v) is 8.11. The van der Waals surface area contributed by atoms with Crippen molar-refractivity contribution in [1.82, 2.24) is 25.4 Å². The number of carbonyl (C=O) groups excluding carboxylic acids is 1. The third-order valence-corrected chi connectivity index (χ3v) is 5.86. The molecule has 8 nitrogen and oxygen atoms in total. The first-order chi connectivity index (χ1) is 16.7. The molecule has 34 heavy (non-hydrogen) atoms. The molecule has 1 aromatic carbocycles. The predicted molar refractivity (Wildman–Crippen MR) is 124 cm³/mol. The summed E-state index contributed by atoms with van der Waals surface area (Å²) in [6, 6.07) is 15.4. The van der Waals surface area contributed by atoms with Crippen LogP contribution in [0.1, 0.15) is 18.5 Å². The van der Waals surface area contributed by atoms with Crippen LogP contribution in [0.3, 0.4) is 0 Å². The molecule has 0 unspecified atom stereocenters. The van der Waals surface area contributed by atoms with Gasteiger partial charge in [-0.3, -0.25) is 9.78 Å². The Bertz CT molecular complexity index is 1270. The largest absolute Gasteiger partial charge is 0.356 e. The Morgan fingerprint density at radius 1 is 1.06 bits per heavy atom. The summed E-state index contributed by atoms with van der Waals surface area (Å²) in [7, 11) is 0. The van der Waals surface area contributed by atoms with E-state index in [1.807, 2.05) is 30.3 Å². The van der Waals surface area contributed by atoms with E-state index in [9.17, 15) is 9.18 Å². The molecular weight excluding hydrogens is 435 g/mol. The number of amides is 1.